The molecule has 4 heteroatoms. The highest BCUT2D eigenvalue weighted by atomic mass is 16.5. The van der Waals surface area contributed by atoms with E-state index in [0.29, 0.717) is 11.3 Å². The molecule has 0 spiro atoms. The minimum Gasteiger partial charge on any atom is -0.495 e. The van der Waals surface area contributed by atoms with E-state index >= 15 is 0 Å². The lowest BCUT2D eigenvalue weighted by Crippen LogP contribution is -1.97. The first kappa shape index (κ1) is 15.9. The first-order valence-electron chi connectivity index (χ1n) is 8.36. The van der Waals surface area contributed by atoms with Gasteiger partial charge in [-0.15, -0.1) is 0 Å². The lowest BCUT2D eigenvalue weighted by Gasteiger charge is -2.09. The Morgan fingerprint density at radius 2 is 1.77 bits per heavy atom. The van der Waals surface area contributed by atoms with Crippen LogP contribution in [0.4, 0.5) is 0 Å². The largest absolute Gasteiger partial charge is 0.495 e. The Bertz CT molecular complexity index is 1100. The molecule has 1 heterocycles. The van der Waals surface area contributed by atoms with Crippen molar-refractivity contribution < 1.29 is 4.74 Å². The number of fused-ring (bicyclic) bond motifs is 1. The van der Waals surface area contributed by atoms with Gasteiger partial charge in [0.2, 0.25) is 0 Å². The van der Waals surface area contributed by atoms with Crippen LogP contribution in [-0.4, -0.2) is 16.7 Å². The topological polar surface area (TPSA) is 50.8 Å². The second-order valence-electron chi connectivity index (χ2n) is 6.08. The Hall–Kier alpha value is -3.58. The predicted molar refractivity (Wildman–Crippen MR) is 102 cm³/mol. The van der Waals surface area contributed by atoms with Gasteiger partial charge in [0.25, 0.3) is 0 Å². The molecule has 3 aromatic carbocycles. The van der Waals surface area contributed by atoms with Gasteiger partial charge < -0.3 is 9.30 Å². The number of aromatic nitrogens is 2. The second-order valence-corrected chi connectivity index (χ2v) is 6.08. The molecule has 26 heavy (non-hydrogen) atoms. The predicted octanol–water partition coefficient (Wildman–Crippen LogP) is 4.63. The number of nitriles is 1. The molecule has 0 bridgehead atoms. The van der Waals surface area contributed by atoms with Gasteiger partial charge in [-0.05, 0) is 41.0 Å². The van der Waals surface area contributed by atoms with Crippen molar-refractivity contribution in [2.75, 3.05) is 7.11 Å². The third-order valence-corrected chi connectivity index (χ3v) is 4.49. The van der Waals surface area contributed by atoms with E-state index in [2.05, 4.69) is 46.0 Å². The number of hydrogen-bond donors (Lipinski definition) is 0. The van der Waals surface area contributed by atoms with Gasteiger partial charge in [0.15, 0.2) is 0 Å². The van der Waals surface area contributed by atoms with Crippen LogP contribution in [0.1, 0.15) is 11.1 Å². The van der Waals surface area contributed by atoms with Gasteiger partial charge in [-0.3, -0.25) is 0 Å². The van der Waals surface area contributed by atoms with Gasteiger partial charge in [-0.1, -0.05) is 42.5 Å². The van der Waals surface area contributed by atoms with Crippen LogP contribution in [0.2, 0.25) is 0 Å². The maximum Gasteiger partial charge on any atom is 0.137 e. The molecule has 0 radical (unpaired) electrons. The van der Waals surface area contributed by atoms with Crippen molar-refractivity contribution in [3.05, 3.63) is 84.2 Å². The summed E-state index contributed by atoms with van der Waals surface area (Å²) in [5, 5.41) is 9.11. The van der Waals surface area contributed by atoms with Gasteiger partial charge >= 0.3 is 0 Å². The second kappa shape index (κ2) is 6.73. The maximum absolute atomic E-state index is 9.11. The molecule has 0 aliphatic rings. The molecule has 1 aromatic heterocycles. The molecule has 0 saturated carbocycles. The monoisotopic (exact) mass is 339 g/mol. The van der Waals surface area contributed by atoms with E-state index < -0.39 is 0 Å². The number of para-hydroxylation sites is 2. The van der Waals surface area contributed by atoms with E-state index in [-0.39, 0.29) is 0 Å². The van der Waals surface area contributed by atoms with Crippen molar-refractivity contribution in [2.24, 2.45) is 0 Å². The van der Waals surface area contributed by atoms with Crippen LogP contribution in [0.25, 0.3) is 22.2 Å². The number of rotatable bonds is 4. The van der Waals surface area contributed by atoms with E-state index in [4.69, 9.17) is 10.00 Å². The number of imidazole rings is 1. The SMILES string of the molecule is COc1cc(-c2ccc(Cn3cnc4ccccc43)cc2)ccc1C#N. The molecule has 0 fully saturated rings. The summed E-state index contributed by atoms with van der Waals surface area (Å²) in [6.45, 7) is 0.775. The molecule has 4 rings (SSSR count). The highest BCUT2D eigenvalue weighted by Crippen LogP contribution is 2.27. The highest BCUT2D eigenvalue weighted by Gasteiger charge is 2.06. The normalized spacial score (nSPS) is 10.6. The first-order valence-corrected chi connectivity index (χ1v) is 8.36. The van der Waals surface area contributed by atoms with Crippen LogP contribution >= 0.6 is 0 Å². The Balaban J connectivity index is 1.60. The fourth-order valence-electron chi connectivity index (χ4n) is 3.10. The zero-order chi connectivity index (χ0) is 17.9. The van der Waals surface area contributed by atoms with Crippen molar-refractivity contribution in [1.29, 1.82) is 5.26 Å². The smallest absolute Gasteiger partial charge is 0.137 e. The van der Waals surface area contributed by atoms with Crippen molar-refractivity contribution in [1.82, 2.24) is 9.55 Å². The van der Waals surface area contributed by atoms with Gasteiger partial charge in [-0.2, -0.15) is 5.26 Å². The minimum atomic E-state index is 0.542. The number of methoxy groups -OCH3 is 1. The summed E-state index contributed by atoms with van der Waals surface area (Å²) < 4.78 is 7.45. The van der Waals surface area contributed by atoms with Crippen LogP contribution in [0, 0.1) is 11.3 Å². The Morgan fingerprint density at radius 1 is 1.00 bits per heavy atom. The number of benzene rings is 3. The molecular weight excluding hydrogens is 322 g/mol. The lowest BCUT2D eigenvalue weighted by atomic mass is 10.0. The van der Waals surface area contributed by atoms with Gasteiger partial charge in [0, 0.05) is 6.54 Å². The van der Waals surface area contributed by atoms with E-state index in [1.165, 1.54) is 5.56 Å². The van der Waals surface area contributed by atoms with Crippen LogP contribution in [0.5, 0.6) is 5.75 Å². The van der Waals surface area contributed by atoms with Crippen molar-refractivity contribution in [3.63, 3.8) is 0 Å². The molecule has 126 valence electrons. The molecule has 0 unspecified atom stereocenters. The number of nitrogens with zero attached hydrogens (tertiary/aromatic N) is 3. The van der Waals surface area contributed by atoms with E-state index in [0.717, 1.165) is 28.7 Å². The summed E-state index contributed by atoms with van der Waals surface area (Å²) in [5.41, 5.74) is 6.01. The third kappa shape index (κ3) is 2.91. The lowest BCUT2D eigenvalue weighted by molar-refractivity contribution is 0.413. The van der Waals surface area contributed by atoms with E-state index in [1.807, 2.05) is 36.7 Å². The molecule has 0 atom stereocenters. The summed E-state index contributed by atoms with van der Waals surface area (Å²) in [6.07, 6.45) is 1.88. The molecule has 0 amide bonds. The first-order chi connectivity index (χ1) is 12.8. The molecule has 4 nitrogen and oxygen atoms in total. The van der Waals surface area contributed by atoms with Crippen LogP contribution in [0.15, 0.2) is 73.1 Å². The molecule has 0 saturated heterocycles. The third-order valence-electron chi connectivity index (χ3n) is 4.49. The summed E-state index contributed by atoms with van der Waals surface area (Å²) in [4.78, 5) is 4.44. The summed E-state index contributed by atoms with van der Waals surface area (Å²) >= 11 is 0. The summed E-state index contributed by atoms with van der Waals surface area (Å²) in [7, 11) is 1.58. The van der Waals surface area contributed by atoms with Gasteiger partial charge in [0.05, 0.1) is 30.0 Å². The maximum atomic E-state index is 9.11. The molecule has 0 aliphatic heterocycles. The Morgan fingerprint density at radius 3 is 2.54 bits per heavy atom. The van der Waals surface area contributed by atoms with Gasteiger partial charge in [0.1, 0.15) is 11.8 Å². The molecule has 0 N–H and O–H groups in total. The summed E-state index contributed by atoms with van der Waals surface area (Å²) in [6, 6.07) is 24.3. The average molecular weight is 339 g/mol. The summed E-state index contributed by atoms with van der Waals surface area (Å²) in [5.74, 6) is 0.596. The van der Waals surface area contributed by atoms with E-state index in [9.17, 15) is 0 Å². The standard InChI is InChI=1S/C22H17N3O/c1-26-22-12-18(10-11-19(22)13-23)17-8-6-16(7-9-17)14-25-15-24-20-4-2-3-5-21(20)25/h2-12,15H,14H2,1H3. The molecular formula is C22H17N3O. The molecule has 4 aromatic rings. The average Bonchev–Trinajstić information content (AvgIpc) is 3.11. The van der Waals surface area contributed by atoms with E-state index in [1.54, 1.807) is 13.2 Å². The Labute approximate surface area is 151 Å². The zero-order valence-electron chi connectivity index (χ0n) is 14.4. The Kier molecular flexibility index (Phi) is 4.12. The minimum absolute atomic E-state index is 0.542. The number of ether oxygens (including phenoxy) is 1. The van der Waals surface area contributed by atoms with Crippen molar-refractivity contribution >= 4 is 11.0 Å². The van der Waals surface area contributed by atoms with Crippen LogP contribution in [-0.2, 0) is 6.54 Å². The fourth-order valence-corrected chi connectivity index (χ4v) is 3.10. The zero-order valence-corrected chi connectivity index (χ0v) is 14.4. The van der Waals surface area contributed by atoms with Crippen LogP contribution < -0.4 is 4.74 Å². The fraction of sp³-hybridized carbons (Fsp3) is 0.0909. The highest BCUT2D eigenvalue weighted by molar-refractivity contribution is 5.75. The number of hydrogen-bond acceptors (Lipinski definition) is 3. The van der Waals surface area contributed by atoms with Crippen molar-refractivity contribution in [2.45, 2.75) is 6.54 Å². The van der Waals surface area contributed by atoms with Crippen molar-refractivity contribution in [3.8, 4) is 22.9 Å². The van der Waals surface area contributed by atoms with Gasteiger partial charge in [-0.25, -0.2) is 4.98 Å². The van der Waals surface area contributed by atoms with Crippen LogP contribution in [0.3, 0.4) is 0 Å². The molecule has 0 aliphatic carbocycles. The quantitative estimate of drug-likeness (QED) is 0.544.